The number of rotatable bonds is 8. The number of fused-ring (bicyclic) bond motifs is 1. The van der Waals surface area contributed by atoms with E-state index in [4.69, 9.17) is 4.74 Å². The number of amides is 3. The third kappa shape index (κ3) is 5.70. The van der Waals surface area contributed by atoms with E-state index in [2.05, 4.69) is 20.9 Å². The molecule has 2 aliphatic heterocycles. The van der Waals surface area contributed by atoms with Crippen molar-refractivity contribution in [3.63, 3.8) is 0 Å². The number of piperazine rings is 1. The molecule has 0 bridgehead atoms. The van der Waals surface area contributed by atoms with Crippen LogP contribution in [0.1, 0.15) is 35.2 Å². The van der Waals surface area contributed by atoms with Crippen molar-refractivity contribution >= 4 is 17.7 Å². The lowest BCUT2D eigenvalue weighted by Crippen LogP contribution is -2.58. The van der Waals surface area contributed by atoms with Crippen molar-refractivity contribution in [1.82, 2.24) is 20.9 Å². The maximum Gasteiger partial charge on any atom is 0.251 e. The van der Waals surface area contributed by atoms with Crippen LogP contribution in [0.4, 0.5) is 0 Å². The average Bonchev–Trinajstić information content (AvgIpc) is 3.27. The van der Waals surface area contributed by atoms with Gasteiger partial charge < -0.3 is 20.7 Å². The number of hydrogen-bond acceptors (Lipinski definition) is 5. The number of benzene rings is 2. The van der Waals surface area contributed by atoms with Crippen LogP contribution >= 0.6 is 0 Å². The average molecular weight is 451 g/mol. The largest absolute Gasteiger partial charge is 0.497 e. The fourth-order valence-corrected chi connectivity index (χ4v) is 4.54. The molecule has 0 radical (unpaired) electrons. The van der Waals surface area contributed by atoms with E-state index in [1.807, 2.05) is 30.3 Å². The summed E-state index contributed by atoms with van der Waals surface area (Å²) in [4.78, 5) is 39.6. The fraction of sp³-hybridized carbons (Fsp3) is 0.400. The first-order valence-corrected chi connectivity index (χ1v) is 11.3. The summed E-state index contributed by atoms with van der Waals surface area (Å²) in [6.07, 6.45) is 1.60. The number of ether oxygens (including phenoxy) is 1. The van der Waals surface area contributed by atoms with Crippen molar-refractivity contribution in [2.45, 2.75) is 43.9 Å². The Hall–Kier alpha value is -3.39. The molecule has 2 saturated heterocycles. The minimum absolute atomic E-state index is 0.00383. The van der Waals surface area contributed by atoms with Crippen LogP contribution in [0.2, 0.25) is 0 Å². The molecule has 174 valence electrons. The second-order valence-electron chi connectivity index (χ2n) is 8.55. The Morgan fingerprint density at radius 3 is 2.61 bits per heavy atom. The molecule has 2 heterocycles. The van der Waals surface area contributed by atoms with E-state index < -0.39 is 0 Å². The van der Waals surface area contributed by atoms with Crippen LogP contribution in [0.25, 0.3) is 0 Å². The topological polar surface area (TPSA) is 99.8 Å². The second-order valence-corrected chi connectivity index (χ2v) is 8.55. The predicted octanol–water partition coefficient (Wildman–Crippen LogP) is 1.46. The monoisotopic (exact) mass is 450 g/mol. The van der Waals surface area contributed by atoms with Crippen LogP contribution in [0.3, 0.4) is 0 Å². The molecule has 2 aromatic rings. The van der Waals surface area contributed by atoms with Crippen LogP contribution in [-0.2, 0) is 16.1 Å². The summed E-state index contributed by atoms with van der Waals surface area (Å²) < 4.78 is 5.14. The highest BCUT2D eigenvalue weighted by atomic mass is 16.5. The highest BCUT2D eigenvalue weighted by Gasteiger charge is 2.43. The first kappa shape index (κ1) is 22.8. The van der Waals surface area contributed by atoms with Gasteiger partial charge in [0.15, 0.2) is 0 Å². The van der Waals surface area contributed by atoms with Gasteiger partial charge in [-0.1, -0.05) is 30.3 Å². The lowest BCUT2D eigenvalue weighted by molar-refractivity contribution is -0.129. The molecule has 3 unspecified atom stereocenters. The number of hydrogen-bond donors (Lipinski definition) is 3. The Labute approximate surface area is 193 Å². The molecule has 2 aliphatic rings. The van der Waals surface area contributed by atoms with Gasteiger partial charge in [0.2, 0.25) is 11.8 Å². The zero-order valence-corrected chi connectivity index (χ0v) is 18.8. The van der Waals surface area contributed by atoms with Crippen molar-refractivity contribution in [3.05, 3.63) is 65.7 Å². The zero-order valence-electron chi connectivity index (χ0n) is 18.8. The van der Waals surface area contributed by atoms with Crippen LogP contribution in [-0.4, -0.2) is 60.9 Å². The van der Waals surface area contributed by atoms with E-state index in [-0.39, 0.29) is 35.8 Å². The van der Waals surface area contributed by atoms with E-state index >= 15 is 0 Å². The maximum absolute atomic E-state index is 12.6. The van der Waals surface area contributed by atoms with Crippen LogP contribution in [0, 0.1) is 0 Å². The Kier molecular flexibility index (Phi) is 7.24. The quantitative estimate of drug-likeness (QED) is 0.566. The Balaban J connectivity index is 1.29. The number of carbonyl (C=O) groups excluding carboxylic acids is 3. The van der Waals surface area contributed by atoms with Crippen molar-refractivity contribution < 1.29 is 19.1 Å². The zero-order chi connectivity index (χ0) is 23.2. The number of nitrogens with one attached hydrogen (secondary N) is 3. The minimum atomic E-state index is -0.280. The van der Waals surface area contributed by atoms with E-state index in [0.29, 0.717) is 50.2 Å². The van der Waals surface area contributed by atoms with Crippen molar-refractivity contribution in [2.75, 3.05) is 20.2 Å². The van der Waals surface area contributed by atoms with E-state index in [9.17, 15) is 14.4 Å². The smallest absolute Gasteiger partial charge is 0.251 e. The van der Waals surface area contributed by atoms with Gasteiger partial charge in [-0.15, -0.1) is 0 Å². The standard InChI is InChI=1S/C25H30N4O4/c1-33-21-10-7-18(8-11-21)24(31)28-19-13-22-25(32)27-15-20(29(22)16-19)9-12-23(30)26-14-17-5-3-2-4-6-17/h2-8,10-11,19-20,22H,9,12-16H2,1H3,(H,26,30)(H,27,32)(H,28,31). The highest BCUT2D eigenvalue weighted by Crippen LogP contribution is 2.26. The molecule has 8 heteroatoms. The van der Waals surface area contributed by atoms with Gasteiger partial charge in [-0.05, 0) is 42.7 Å². The van der Waals surface area contributed by atoms with Gasteiger partial charge in [-0.25, -0.2) is 0 Å². The van der Waals surface area contributed by atoms with Gasteiger partial charge >= 0.3 is 0 Å². The lowest BCUT2D eigenvalue weighted by Gasteiger charge is -2.37. The summed E-state index contributed by atoms with van der Waals surface area (Å²) in [7, 11) is 1.58. The second kappa shape index (κ2) is 10.5. The minimum Gasteiger partial charge on any atom is -0.497 e. The van der Waals surface area contributed by atoms with Gasteiger partial charge in [-0.2, -0.15) is 0 Å². The molecule has 2 fully saturated rings. The Morgan fingerprint density at radius 2 is 1.88 bits per heavy atom. The molecule has 2 aromatic carbocycles. The van der Waals surface area contributed by atoms with Crippen LogP contribution in [0.5, 0.6) is 5.75 Å². The van der Waals surface area contributed by atoms with Crippen LogP contribution < -0.4 is 20.7 Å². The molecule has 8 nitrogen and oxygen atoms in total. The lowest BCUT2D eigenvalue weighted by atomic mass is 10.0. The summed E-state index contributed by atoms with van der Waals surface area (Å²) in [6, 6.07) is 16.4. The molecule has 3 N–H and O–H groups in total. The van der Waals surface area contributed by atoms with Gasteiger partial charge in [0.05, 0.1) is 13.2 Å². The van der Waals surface area contributed by atoms with Crippen molar-refractivity contribution in [3.8, 4) is 5.75 Å². The van der Waals surface area contributed by atoms with E-state index in [0.717, 1.165) is 5.56 Å². The molecular formula is C25H30N4O4. The Morgan fingerprint density at radius 1 is 1.12 bits per heavy atom. The molecule has 0 aliphatic carbocycles. The summed E-state index contributed by atoms with van der Waals surface area (Å²) in [5.74, 6) is 0.508. The predicted molar refractivity (Wildman–Crippen MR) is 124 cm³/mol. The van der Waals surface area contributed by atoms with Gasteiger partial charge in [0, 0.05) is 43.7 Å². The summed E-state index contributed by atoms with van der Waals surface area (Å²) in [5, 5.41) is 8.97. The molecule has 4 rings (SSSR count). The number of methoxy groups -OCH3 is 1. The van der Waals surface area contributed by atoms with Crippen molar-refractivity contribution in [2.24, 2.45) is 0 Å². The molecule has 33 heavy (non-hydrogen) atoms. The fourth-order valence-electron chi connectivity index (χ4n) is 4.54. The normalized spacial score (nSPS) is 22.2. The first-order valence-electron chi connectivity index (χ1n) is 11.3. The van der Waals surface area contributed by atoms with Crippen molar-refractivity contribution in [1.29, 1.82) is 0 Å². The SMILES string of the molecule is COc1ccc(C(=O)NC2CC3C(=O)NCC(CCC(=O)NCc4ccccc4)N3C2)cc1. The van der Waals surface area contributed by atoms with E-state index in [1.54, 1.807) is 31.4 Å². The summed E-state index contributed by atoms with van der Waals surface area (Å²) in [5.41, 5.74) is 1.61. The maximum atomic E-state index is 12.6. The Bertz CT molecular complexity index is 980. The highest BCUT2D eigenvalue weighted by molar-refractivity contribution is 5.94. The van der Waals surface area contributed by atoms with E-state index in [1.165, 1.54) is 0 Å². The molecule has 3 amide bonds. The van der Waals surface area contributed by atoms with Crippen LogP contribution in [0.15, 0.2) is 54.6 Å². The van der Waals surface area contributed by atoms with Gasteiger partial charge in [0.1, 0.15) is 5.75 Å². The molecule has 0 aromatic heterocycles. The third-order valence-corrected chi connectivity index (χ3v) is 6.35. The molecule has 0 saturated carbocycles. The van der Waals surface area contributed by atoms with Gasteiger partial charge in [-0.3, -0.25) is 19.3 Å². The van der Waals surface area contributed by atoms with Gasteiger partial charge in [0.25, 0.3) is 5.91 Å². The molecule has 3 atom stereocenters. The summed E-state index contributed by atoms with van der Waals surface area (Å²) >= 11 is 0. The molecule has 0 spiro atoms. The number of carbonyl (C=O) groups is 3. The number of nitrogens with zero attached hydrogens (tertiary/aromatic N) is 1. The third-order valence-electron chi connectivity index (χ3n) is 6.35. The summed E-state index contributed by atoms with van der Waals surface area (Å²) in [6.45, 7) is 1.61. The molecular weight excluding hydrogens is 420 g/mol. The first-order chi connectivity index (χ1) is 16.0.